The molecule has 6 heteroatoms. The summed E-state index contributed by atoms with van der Waals surface area (Å²) in [6.07, 6.45) is 5.04. The Hall–Kier alpha value is -1.30. The molecule has 0 bridgehead atoms. The van der Waals surface area contributed by atoms with Crippen LogP contribution < -0.4 is 5.32 Å². The monoisotopic (exact) mass is 298 g/mol. The van der Waals surface area contributed by atoms with Gasteiger partial charge in [-0.25, -0.2) is 4.79 Å². The largest absolute Gasteiger partial charge is 0.481 e. The second-order valence-electron chi connectivity index (χ2n) is 6.44. The first-order chi connectivity index (χ1) is 9.97. The summed E-state index contributed by atoms with van der Waals surface area (Å²) in [5.41, 5.74) is -0.152. The number of carboxylic acids is 1. The molecule has 1 heterocycles. The van der Waals surface area contributed by atoms with Gasteiger partial charge in [0.15, 0.2) is 0 Å². The first-order valence-corrected chi connectivity index (χ1v) is 7.86. The average Bonchev–Trinajstić information content (AvgIpc) is 3.04. The Morgan fingerprint density at radius 1 is 1.33 bits per heavy atom. The molecule has 0 aromatic rings. The number of ether oxygens (including phenoxy) is 1. The lowest BCUT2D eigenvalue weighted by Crippen LogP contribution is -2.55. The Labute approximate surface area is 125 Å². The van der Waals surface area contributed by atoms with E-state index >= 15 is 0 Å². The molecule has 0 aromatic heterocycles. The van der Waals surface area contributed by atoms with Crippen LogP contribution in [-0.2, 0) is 9.53 Å². The van der Waals surface area contributed by atoms with Gasteiger partial charge in [0.2, 0.25) is 0 Å². The van der Waals surface area contributed by atoms with E-state index in [2.05, 4.69) is 12.2 Å². The highest BCUT2D eigenvalue weighted by Crippen LogP contribution is 2.29. The molecule has 6 nitrogen and oxygen atoms in total. The third kappa shape index (κ3) is 3.67. The second-order valence-corrected chi connectivity index (χ2v) is 6.44. The number of carbonyl (C=O) groups excluding carboxylic acids is 1. The number of hydrogen-bond donors (Lipinski definition) is 2. The average molecular weight is 298 g/mol. The topological polar surface area (TPSA) is 78.9 Å². The number of amides is 2. The molecule has 1 aliphatic carbocycles. The van der Waals surface area contributed by atoms with Crippen LogP contribution >= 0.6 is 0 Å². The van der Waals surface area contributed by atoms with Crippen LogP contribution in [0.5, 0.6) is 0 Å². The highest BCUT2D eigenvalue weighted by molar-refractivity contribution is 5.78. The SMILES string of the molecule is CCCN(C(=O)NC1(C)CCCC1)C1COCC1C(=O)O. The van der Waals surface area contributed by atoms with Gasteiger partial charge in [0.05, 0.1) is 19.3 Å². The Balaban J connectivity index is 2.06. The number of carboxylic acid groups (broad SMARTS) is 1. The van der Waals surface area contributed by atoms with Gasteiger partial charge in [-0.1, -0.05) is 19.8 Å². The summed E-state index contributed by atoms with van der Waals surface area (Å²) in [6.45, 7) is 5.11. The maximum atomic E-state index is 12.6. The quantitative estimate of drug-likeness (QED) is 0.811. The summed E-state index contributed by atoms with van der Waals surface area (Å²) < 4.78 is 5.30. The highest BCUT2D eigenvalue weighted by Gasteiger charge is 2.41. The van der Waals surface area contributed by atoms with Crippen molar-refractivity contribution in [2.24, 2.45) is 5.92 Å². The van der Waals surface area contributed by atoms with Crippen molar-refractivity contribution in [1.29, 1.82) is 0 Å². The van der Waals surface area contributed by atoms with E-state index in [1.54, 1.807) is 4.90 Å². The van der Waals surface area contributed by atoms with Gasteiger partial charge < -0.3 is 20.1 Å². The summed E-state index contributed by atoms with van der Waals surface area (Å²) in [5.74, 6) is -1.52. The molecule has 0 radical (unpaired) electrons. The van der Waals surface area contributed by atoms with Crippen LogP contribution in [0.2, 0.25) is 0 Å². The van der Waals surface area contributed by atoms with Gasteiger partial charge in [-0.2, -0.15) is 0 Å². The van der Waals surface area contributed by atoms with Crippen LogP contribution in [0.1, 0.15) is 46.0 Å². The van der Waals surface area contributed by atoms with Gasteiger partial charge in [-0.05, 0) is 26.2 Å². The zero-order valence-electron chi connectivity index (χ0n) is 12.9. The number of aliphatic carboxylic acids is 1. The maximum absolute atomic E-state index is 12.6. The van der Waals surface area contributed by atoms with Gasteiger partial charge in [0.1, 0.15) is 5.92 Å². The maximum Gasteiger partial charge on any atom is 0.318 e. The van der Waals surface area contributed by atoms with Crippen molar-refractivity contribution in [1.82, 2.24) is 10.2 Å². The van der Waals surface area contributed by atoms with Gasteiger partial charge >= 0.3 is 12.0 Å². The Morgan fingerprint density at radius 3 is 2.57 bits per heavy atom. The third-order valence-electron chi connectivity index (χ3n) is 4.61. The Kier molecular flexibility index (Phi) is 5.08. The zero-order chi connectivity index (χ0) is 15.5. The highest BCUT2D eigenvalue weighted by atomic mass is 16.5. The predicted molar refractivity (Wildman–Crippen MR) is 78.1 cm³/mol. The van der Waals surface area contributed by atoms with E-state index in [9.17, 15) is 14.7 Å². The molecule has 2 fully saturated rings. The standard InChI is InChI=1S/C15H26N2O4/c1-3-8-17(12-10-21-9-11(12)13(18)19)14(20)16-15(2)6-4-5-7-15/h11-12H,3-10H2,1-2H3,(H,16,20)(H,18,19). The van der Waals surface area contributed by atoms with E-state index in [1.807, 2.05) is 6.92 Å². The fourth-order valence-electron chi connectivity index (χ4n) is 3.36. The van der Waals surface area contributed by atoms with Crippen LogP contribution in [-0.4, -0.2) is 53.3 Å². The Morgan fingerprint density at radius 2 is 2.00 bits per heavy atom. The minimum atomic E-state index is -0.890. The van der Waals surface area contributed by atoms with Crippen LogP contribution in [0.25, 0.3) is 0 Å². The number of urea groups is 1. The molecule has 0 aromatic carbocycles. The lowest BCUT2D eigenvalue weighted by molar-refractivity contribution is -0.142. The second kappa shape index (κ2) is 6.64. The van der Waals surface area contributed by atoms with Crippen molar-refractivity contribution in [3.63, 3.8) is 0 Å². The molecule has 1 saturated heterocycles. The molecule has 2 aliphatic rings. The molecular weight excluding hydrogens is 272 g/mol. The molecule has 21 heavy (non-hydrogen) atoms. The van der Waals surface area contributed by atoms with E-state index in [0.29, 0.717) is 13.2 Å². The summed E-state index contributed by atoms with van der Waals surface area (Å²) in [4.78, 5) is 25.6. The van der Waals surface area contributed by atoms with Crippen molar-refractivity contribution < 1.29 is 19.4 Å². The van der Waals surface area contributed by atoms with E-state index in [4.69, 9.17) is 4.74 Å². The number of hydrogen-bond acceptors (Lipinski definition) is 3. The number of rotatable bonds is 5. The predicted octanol–water partition coefficient (Wildman–Crippen LogP) is 1.84. The van der Waals surface area contributed by atoms with Crippen molar-refractivity contribution in [3.8, 4) is 0 Å². The van der Waals surface area contributed by atoms with Crippen LogP contribution in [0.4, 0.5) is 4.79 Å². The number of carbonyl (C=O) groups is 2. The molecule has 2 unspecified atom stereocenters. The fourth-order valence-corrected chi connectivity index (χ4v) is 3.36. The van der Waals surface area contributed by atoms with Crippen LogP contribution in [0.15, 0.2) is 0 Å². The van der Waals surface area contributed by atoms with Gasteiger partial charge in [0, 0.05) is 12.1 Å². The van der Waals surface area contributed by atoms with Gasteiger partial charge in [-0.3, -0.25) is 4.79 Å². The van der Waals surface area contributed by atoms with Gasteiger partial charge in [0.25, 0.3) is 0 Å². The summed E-state index contributed by atoms with van der Waals surface area (Å²) >= 11 is 0. The first-order valence-electron chi connectivity index (χ1n) is 7.86. The van der Waals surface area contributed by atoms with E-state index in [1.165, 1.54) is 0 Å². The third-order valence-corrected chi connectivity index (χ3v) is 4.61. The number of nitrogens with one attached hydrogen (secondary N) is 1. The lowest BCUT2D eigenvalue weighted by Gasteiger charge is -2.34. The molecule has 1 aliphatic heterocycles. The number of nitrogens with zero attached hydrogens (tertiary/aromatic N) is 1. The normalized spacial score (nSPS) is 27.5. The smallest absolute Gasteiger partial charge is 0.318 e. The molecular formula is C15H26N2O4. The van der Waals surface area contributed by atoms with E-state index in [-0.39, 0.29) is 24.2 Å². The molecule has 2 N–H and O–H groups in total. The van der Waals surface area contributed by atoms with Crippen LogP contribution in [0.3, 0.4) is 0 Å². The van der Waals surface area contributed by atoms with Crippen LogP contribution in [0, 0.1) is 5.92 Å². The lowest BCUT2D eigenvalue weighted by atomic mass is 10.00. The molecule has 2 amide bonds. The molecule has 1 saturated carbocycles. The van der Waals surface area contributed by atoms with Crippen molar-refractivity contribution in [3.05, 3.63) is 0 Å². The first kappa shape index (κ1) is 16.1. The fraction of sp³-hybridized carbons (Fsp3) is 0.867. The molecule has 0 spiro atoms. The Bertz CT molecular complexity index is 393. The summed E-state index contributed by atoms with van der Waals surface area (Å²) in [5, 5.41) is 12.4. The minimum Gasteiger partial charge on any atom is -0.481 e. The molecule has 120 valence electrons. The zero-order valence-corrected chi connectivity index (χ0v) is 12.9. The van der Waals surface area contributed by atoms with E-state index in [0.717, 1.165) is 32.1 Å². The van der Waals surface area contributed by atoms with Crippen molar-refractivity contribution >= 4 is 12.0 Å². The minimum absolute atomic E-state index is 0.150. The van der Waals surface area contributed by atoms with Crippen molar-refractivity contribution in [2.75, 3.05) is 19.8 Å². The summed E-state index contributed by atoms with van der Waals surface area (Å²) in [7, 11) is 0. The van der Waals surface area contributed by atoms with E-state index < -0.39 is 11.9 Å². The molecule has 2 atom stereocenters. The molecule has 2 rings (SSSR count). The van der Waals surface area contributed by atoms with Gasteiger partial charge in [-0.15, -0.1) is 0 Å². The van der Waals surface area contributed by atoms with Crippen molar-refractivity contribution in [2.45, 2.75) is 57.5 Å². The summed E-state index contributed by atoms with van der Waals surface area (Å²) in [6, 6.07) is -0.518.